The van der Waals surface area contributed by atoms with Crippen molar-refractivity contribution >= 4 is 0 Å². The lowest BCUT2D eigenvalue weighted by atomic mass is 10.2. The molecule has 1 aliphatic rings. The monoisotopic (exact) mass is 353 g/mol. The molecule has 0 spiro atoms. The zero-order valence-corrected chi connectivity index (χ0v) is 14.6. The molecule has 1 aromatic carbocycles. The fourth-order valence-electron chi connectivity index (χ4n) is 3.35. The Labute approximate surface area is 152 Å². The van der Waals surface area contributed by atoms with Gasteiger partial charge in [0.05, 0.1) is 31.1 Å². The average Bonchev–Trinajstić information content (AvgIpc) is 3.28. The summed E-state index contributed by atoms with van der Waals surface area (Å²) in [7, 11) is 0. The summed E-state index contributed by atoms with van der Waals surface area (Å²) in [5.41, 5.74) is 2.85. The van der Waals surface area contributed by atoms with Crippen LogP contribution in [0.25, 0.3) is 0 Å². The van der Waals surface area contributed by atoms with Crippen molar-refractivity contribution in [2.45, 2.75) is 32.3 Å². The van der Waals surface area contributed by atoms with Crippen molar-refractivity contribution < 1.29 is 10.2 Å². The van der Waals surface area contributed by atoms with Gasteiger partial charge in [0.25, 0.3) is 0 Å². The van der Waals surface area contributed by atoms with Gasteiger partial charge in [-0.05, 0) is 11.6 Å². The molecule has 3 heterocycles. The Hall–Kier alpha value is -2.48. The third-order valence-electron chi connectivity index (χ3n) is 4.77. The van der Waals surface area contributed by atoms with Crippen LogP contribution in [0.2, 0.25) is 0 Å². The first-order valence-corrected chi connectivity index (χ1v) is 8.85. The van der Waals surface area contributed by atoms with Gasteiger partial charge in [-0.3, -0.25) is 9.58 Å². The van der Waals surface area contributed by atoms with Crippen LogP contribution in [0.4, 0.5) is 0 Å². The van der Waals surface area contributed by atoms with Gasteiger partial charge in [-0.15, -0.1) is 0 Å². The second kappa shape index (κ2) is 7.41. The van der Waals surface area contributed by atoms with Crippen molar-refractivity contribution in [1.82, 2.24) is 24.2 Å². The van der Waals surface area contributed by atoms with Gasteiger partial charge in [0.2, 0.25) is 0 Å². The predicted molar refractivity (Wildman–Crippen MR) is 96.2 cm³/mol. The number of aromatic nitrogens is 4. The highest BCUT2D eigenvalue weighted by molar-refractivity contribution is 5.16. The number of aliphatic hydroxyl groups excluding tert-OH is 2. The SMILES string of the molecule is OC[C@@H](O)c1cc2n(n1)CCN(Cc1nccn1Cc1ccccc1)C2. The molecule has 3 aromatic rings. The van der Waals surface area contributed by atoms with Gasteiger partial charge >= 0.3 is 0 Å². The van der Waals surface area contributed by atoms with Crippen LogP contribution in [0.3, 0.4) is 0 Å². The molecule has 0 aliphatic carbocycles. The van der Waals surface area contributed by atoms with Gasteiger partial charge in [-0.1, -0.05) is 30.3 Å². The fourth-order valence-corrected chi connectivity index (χ4v) is 3.35. The summed E-state index contributed by atoms with van der Waals surface area (Å²) in [4.78, 5) is 6.86. The van der Waals surface area contributed by atoms with Gasteiger partial charge in [-0.2, -0.15) is 5.10 Å². The van der Waals surface area contributed by atoms with Crippen molar-refractivity contribution in [2.75, 3.05) is 13.2 Å². The molecule has 0 amide bonds. The molecule has 0 bridgehead atoms. The van der Waals surface area contributed by atoms with Crippen LogP contribution in [0.15, 0.2) is 48.8 Å². The van der Waals surface area contributed by atoms with Gasteiger partial charge in [0.1, 0.15) is 11.9 Å². The number of benzene rings is 1. The van der Waals surface area contributed by atoms with Gasteiger partial charge < -0.3 is 14.8 Å². The summed E-state index contributed by atoms with van der Waals surface area (Å²) >= 11 is 0. The lowest BCUT2D eigenvalue weighted by Crippen LogP contribution is -2.34. The van der Waals surface area contributed by atoms with Gasteiger partial charge in [0, 0.05) is 32.0 Å². The Morgan fingerprint density at radius 3 is 2.77 bits per heavy atom. The Balaban J connectivity index is 1.44. The molecule has 0 saturated carbocycles. The largest absolute Gasteiger partial charge is 0.393 e. The van der Waals surface area contributed by atoms with E-state index in [9.17, 15) is 5.11 Å². The molecule has 1 aliphatic heterocycles. The Bertz CT molecular complexity index is 858. The first-order valence-electron chi connectivity index (χ1n) is 8.85. The van der Waals surface area contributed by atoms with Crippen molar-refractivity contribution in [3.63, 3.8) is 0 Å². The van der Waals surface area contributed by atoms with Crippen LogP contribution in [0.1, 0.15) is 28.9 Å². The minimum atomic E-state index is -0.911. The van der Waals surface area contributed by atoms with E-state index in [4.69, 9.17) is 5.11 Å². The van der Waals surface area contributed by atoms with Crippen molar-refractivity contribution in [1.29, 1.82) is 0 Å². The first kappa shape index (κ1) is 17.0. The maximum atomic E-state index is 9.78. The second-order valence-corrected chi connectivity index (χ2v) is 6.65. The number of imidazole rings is 1. The Morgan fingerprint density at radius 1 is 1.12 bits per heavy atom. The maximum Gasteiger partial charge on any atom is 0.123 e. The normalized spacial score (nSPS) is 15.8. The number of hydrogen-bond acceptors (Lipinski definition) is 5. The predicted octanol–water partition coefficient (Wildman–Crippen LogP) is 1.17. The molecule has 4 rings (SSSR count). The van der Waals surface area contributed by atoms with E-state index >= 15 is 0 Å². The molecular formula is C19H23N5O2. The lowest BCUT2D eigenvalue weighted by molar-refractivity contribution is 0.0915. The van der Waals surface area contributed by atoms with Crippen molar-refractivity contribution in [3.8, 4) is 0 Å². The van der Waals surface area contributed by atoms with E-state index in [1.165, 1.54) is 5.56 Å². The highest BCUT2D eigenvalue weighted by Gasteiger charge is 2.22. The van der Waals surface area contributed by atoms with Gasteiger partial charge in [-0.25, -0.2) is 4.98 Å². The lowest BCUT2D eigenvalue weighted by Gasteiger charge is -2.27. The Morgan fingerprint density at radius 2 is 1.96 bits per heavy atom. The third kappa shape index (κ3) is 3.55. The molecule has 2 N–H and O–H groups in total. The number of rotatable bonds is 6. The Kier molecular flexibility index (Phi) is 4.83. The molecule has 26 heavy (non-hydrogen) atoms. The number of nitrogens with zero attached hydrogens (tertiary/aromatic N) is 5. The topological polar surface area (TPSA) is 79.3 Å². The quantitative estimate of drug-likeness (QED) is 0.695. The summed E-state index contributed by atoms with van der Waals surface area (Å²) in [6, 6.07) is 12.3. The first-order chi connectivity index (χ1) is 12.7. The third-order valence-corrected chi connectivity index (χ3v) is 4.77. The van der Waals surface area contributed by atoms with Crippen LogP contribution in [-0.4, -0.2) is 47.6 Å². The van der Waals surface area contributed by atoms with Crippen LogP contribution in [-0.2, 0) is 26.2 Å². The van der Waals surface area contributed by atoms with Crippen LogP contribution < -0.4 is 0 Å². The molecule has 136 valence electrons. The smallest absolute Gasteiger partial charge is 0.123 e. The maximum absolute atomic E-state index is 9.78. The highest BCUT2D eigenvalue weighted by atomic mass is 16.3. The van der Waals surface area contributed by atoms with E-state index in [0.717, 1.165) is 44.2 Å². The van der Waals surface area contributed by atoms with Crippen LogP contribution >= 0.6 is 0 Å². The van der Waals surface area contributed by atoms with E-state index in [1.54, 1.807) is 0 Å². The van der Waals surface area contributed by atoms with Gasteiger partial charge in [0.15, 0.2) is 0 Å². The number of hydrogen-bond donors (Lipinski definition) is 2. The molecule has 0 saturated heterocycles. The summed E-state index contributed by atoms with van der Waals surface area (Å²) in [5.74, 6) is 1.04. The molecule has 0 unspecified atom stereocenters. The molecule has 1 atom stereocenters. The minimum Gasteiger partial charge on any atom is -0.393 e. The zero-order chi connectivity index (χ0) is 17.9. The number of fused-ring (bicyclic) bond motifs is 1. The minimum absolute atomic E-state index is 0.308. The molecule has 7 heteroatoms. The van der Waals surface area contributed by atoms with E-state index in [0.29, 0.717) is 5.69 Å². The fraction of sp³-hybridized carbons (Fsp3) is 0.368. The second-order valence-electron chi connectivity index (χ2n) is 6.65. The summed E-state index contributed by atoms with van der Waals surface area (Å²) < 4.78 is 4.10. The van der Waals surface area contributed by atoms with Crippen molar-refractivity contribution in [3.05, 3.63) is 71.6 Å². The summed E-state index contributed by atoms with van der Waals surface area (Å²) in [5, 5.41) is 23.3. The van der Waals surface area contributed by atoms with E-state index in [2.05, 4.69) is 43.8 Å². The molecule has 2 aromatic heterocycles. The van der Waals surface area contributed by atoms with Crippen LogP contribution in [0.5, 0.6) is 0 Å². The molecule has 0 radical (unpaired) electrons. The molecule has 0 fully saturated rings. The molecular weight excluding hydrogens is 330 g/mol. The zero-order valence-electron chi connectivity index (χ0n) is 14.6. The number of aliphatic hydroxyl groups is 2. The van der Waals surface area contributed by atoms with Crippen LogP contribution in [0, 0.1) is 0 Å². The van der Waals surface area contributed by atoms with E-state index in [1.807, 2.05) is 29.2 Å². The van der Waals surface area contributed by atoms with Crippen molar-refractivity contribution in [2.24, 2.45) is 0 Å². The average molecular weight is 353 g/mol. The highest BCUT2D eigenvalue weighted by Crippen LogP contribution is 2.19. The molecule has 7 nitrogen and oxygen atoms in total. The van der Waals surface area contributed by atoms with E-state index < -0.39 is 6.10 Å². The summed E-state index contributed by atoms with van der Waals surface area (Å²) in [6.07, 6.45) is 2.96. The summed E-state index contributed by atoms with van der Waals surface area (Å²) in [6.45, 7) is 3.67. The standard InChI is InChI=1S/C19H23N5O2/c25-14-18(26)17-10-16-12-22(8-9-24(16)21-17)13-19-20-6-7-23(19)11-15-4-2-1-3-5-15/h1-7,10,18,25-26H,8-9,11-14H2/t18-/m1/s1. The van der Waals surface area contributed by atoms with E-state index in [-0.39, 0.29) is 6.61 Å².